The molecule has 0 amide bonds. The maximum absolute atomic E-state index is 13.2. The third-order valence-corrected chi connectivity index (χ3v) is 5.46. The van der Waals surface area contributed by atoms with Gasteiger partial charge in [0.25, 0.3) is 0 Å². The monoisotopic (exact) mass is 427 g/mol. The second-order valence-electron chi connectivity index (χ2n) is 7.68. The molecule has 0 spiro atoms. The fourth-order valence-corrected chi connectivity index (χ4v) is 3.75. The van der Waals surface area contributed by atoms with Gasteiger partial charge < -0.3 is 5.11 Å². The van der Waals surface area contributed by atoms with Crippen LogP contribution in [0.5, 0.6) is 0 Å². The molecule has 1 heterocycles. The number of carbonyl (C=O) groups is 1. The lowest BCUT2D eigenvalue weighted by molar-refractivity contribution is 0.0697. The predicted molar refractivity (Wildman–Crippen MR) is 124 cm³/mol. The quantitative estimate of drug-likeness (QED) is 0.439. The van der Waals surface area contributed by atoms with Crippen LogP contribution in [0.3, 0.4) is 0 Å². The van der Waals surface area contributed by atoms with Gasteiger partial charge in [-0.2, -0.15) is 4.68 Å². The standard InChI is InChI=1S/C26H25N3O3/c1-2-3-13-24-27-29(21-9-5-4-6-10-21)26(32)28(24)18-19-14-16-20(17-15-19)22-11-7-8-12-23(22)25(30)31/h4-12,14-17H,2-3,13,18H2,1H3,(H,30,31). The highest BCUT2D eigenvalue weighted by molar-refractivity contribution is 5.95. The molecule has 4 rings (SSSR count). The SMILES string of the molecule is CCCCc1nn(-c2ccccc2)c(=O)n1Cc1ccc(-c2ccccc2C(=O)O)cc1. The molecule has 0 atom stereocenters. The van der Waals surface area contributed by atoms with Crippen molar-refractivity contribution in [2.45, 2.75) is 32.7 Å². The van der Waals surface area contributed by atoms with Crippen molar-refractivity contribution < 1.29 is 9.90 Å². The van der Waals surface area contributed by atoms with Gasteiger partial charge >= 0.3 is 11.7 Å². The molecule has 0 saturated heterocycles. The molecule has 162 valence electrons. The molecular weight excluding hydrogens is 402 g/mol. The fraction of sp³-hybridized carbons (Fsp3) is 0.192. The van der Waals surface area contributed by atoms with Crippen molar-refractivity contribution in [3.63, 3.8) is 0 Å². The van der Waals surface area contributed by atoms with Crippen LogP contribution in [0, 0.1) is 0 Å². The van der Waals surface area contributed by atoms with Crippen molar-refractivity contribution in [2.75, 3.05) is 0 Å². The molecule has 32 heavy (non-hydrogen) atoms. The summed E-state index contributed by atoms with van der Waals surface area (Å²) in [5, 5.41) is 14.1. The summed E-state index contributed by atoms with van der Waals surface area (Å²) in [6.45, 7) is 2.52. The minimum absolute atomic E-state index is 0.164. The van der Waals surface area contributed by atoms with Crippen LogP contribution in [0.4, 0.5) is 0 Å². The molecule has 6 nitrogen and oxygen atoms in total. The molecule has 0 saturated carbocycles. The van der Waals surface area contributed by atoms with E-state index in [-0.39, 0.29) is 11.3 Å². The Hall–Kier alpha value is -3.93. The number of aromatic carboxylic acids is 1. The molecule has 0 fully saturated rings. The summed E-state index contributed by atoms with van der Waals surface area (Å²) in [5.41, 5.74) is 3.29. The highest BCUT2D eigenvalue weighted by Crippen LogP contribution is 2.24. The van der Waals surface area contributed by atoms with Crippen molar-refractivity contribution in [1.82, 2.24) is 14.3 Å². The zero-order chi connectivity index (χ0) is 22.5. The van der Waals surface area contributed by atoms with E-state index in [1.54, 1.807) is 22.8 Å². The highest BCUT2D eigenvalue weighted by Gasteiger charge is 2.15. The van der Waals surface area contributed by atoms with Crippen molar-refractivity contribution in [2.24, 2.45) is 0 Å². The zero-order valence-corrected chi connectivity index (χ0v) is 17.9. The van der Waals surface area contributed by atoms with Gasteiger partial charge in [-0.15, -0.1) is 5.10 Å². The number of para-hydroxylation sites is 1. The highest BCUT2D eigenvalue weighted by atomic mass is 16.4. The number of nitrogens with zero attached hydrogens (tertiary/aromatic N) is 3. The van der Waals surface area contributed by atoms with Crippen LogP contribution in [0.25, 0.3) is 16.8 Å². The summed E-state index contributed by atoms with van der Waals surface area (Å²) in [5.74, 6) is -0.189. The Morgan fingerprint density at radius 1 is 0.938 bits per heavy atom. The van der Waals surface area contributed by atoms with Crippen LogP contribution in [-0.4, -0.2) is 25.4 Å². The van der Waals surface area contributed by atoms with Crippen molar-refractivity contribution in [1.29, 1.82) is 0 Å². The Morgan fingerprint density at radius 2 is 1.62 bits per heavy atom. The number of unbranched alkanes of at least 4 members (excludes halogenated alkanes) is 1. The maximum atomic E-state index is 13.2. The van der Waals surface area contributed by atoms with E-state index in [2.05, 4.69) is 12.0 Å². The second-order valence-corrected chi connectivity index (χ2v) is 7.68. The summed E-state index contributed by atoms with van der Waals surface area (Å²) in [4.78, 5) is 24.7. The molecule has 0 aliphatic carbocycles. The van der Waals surface area contributed by atoms with Crippen molar-refractivity contribution in [3.05, 3.63) is 106 Å². The van der Waals surface area contributed by atoms with Gasteiger partial charge in [0.05, 0.1) is 17.8 Å². The molecular formula is C26H25N3O3. The van der Waals surface area contributed by atoms with Crippen LogP contribution >= 0.6 is 0 Å². The van der Waals surface area contributed by atoms with E-state index in [9.17, 15) is 14.7 Å². The van der Waals surface area contributed by atoms with E-state index < -0.39 is 5.97 Å². The van der Waals surface area contributed by atoms with Crippen LogP contribution in [-0.2, 0) is 13.0 Å². The van der Waals surface area contributed by atoms with Crippen LogP contribution in [0.15, 0.2) is 83.7 Å². The summed E-state index contributed by atoms with van der Waals surface area (Å²) in [6, 6.07) is 24.0. The van der Waals surface area contributed by atoms with Gasteiger partial charge in [-0.25, -0.2) is 9.59 Å². The minimum atomic E-state index is -0.954. The molecule has 6 heteroatoms. The smallest absolute Gasteiger partial charge is 0.351 e. The number of benzene rings is 3. The fourth-order valence-electron chi connectivity index (χ4n) is 3.75. The number of carboxylic acid groups (broad SMARTS) is 1. The number of hydrogen-bond donors (Lipinski definition) is 1. The summed E-state index contributed by atoms with van der Waals surface area (Å²) in [6.07, 6.45) is 2.70. The third-order valence-electron chi connectivity index (χ3n) is 5.46. The van der Waals surface area contributed by atoms with Crippen LogP contribution < -0.4 is 5.69 Å². The Kier molecular flexibility index (Phi) is 6.31. The molecule has 0 aliphatic rings. The van der Waals surface area contributed by atoms with E-state index in [1.165, 1.54) is 4.68 Å². The topological polar surface area (TPSA) is 77.1 Å². The van der Waals surface area contributed by atoms with E-state index in [1.807, 2.05) is 60.7 Å². The lowest BCUT2D eigenvalue weighted by atomic mass is 9.99. The van der Waals surface area contributed by atoms with Gasteiger partial charge in [0.1, 0.15) is 5.82 Å². The summed E-state index contributed by atoms with van der Waals surface area (Å²) >= 11 is 0. The first-order valence-corrected chi connectivity index (χ1v) is 10.7. The lowest BCUT2D eigenvalue weighted by Gasteiger charge is -2.09. The van der Waals surface area contributed by atoms with Gasteiger partial charge in [0.2, 0.25) is 0 Å². The van der Waals surface area contributed by atoms with Gasteiger partial charge in [-0.1, -0.05) is 74.0 Å². The van der Waals surface area contributed by atoms with E-state index in [0.717, 1.165) is 41.9 Å². The molecule has 0 radical (unpaired) electrons. The lowest BCUT2D eigenvalue weighted by Crippen LogP contribution is -2.25. The average molecular weight is 428 g/mol. The first-order valence-electron chi connectivity index (χ1n) is 10.7. The predicted octanol–water partition coefficient (Wildman–Crippen LogP) is 4.79. The average Bonchev–Trinajstić information content (AvgIpc) is 3.14. The Labute approximate surface area is 186 Å². The van der Waals surface area contributed by atoms with Gasteiger partial charge in [-0.05, 0) is 41.3 Å². The number of carboxylic acids is 1. The van der Waals surface area contributed by atoms with Crippen molar-refractivity contribution in [3.8, 4) is 16.8 Å². The molecule has 4 aromatic rings. The zero-order valence-electron chi connectivity index (χ0n) is 17.9. The maximum Gasteiger partial charge on any atom is 0.351 e. The third kappa shape index (κ3) is 4.39. The molecule has 1 aromatic heterocycles. The largest absolute Gasteiger partial charge is 0.478 e. The van der Waals surface area contributed by atoms with E-state index in [0.29, 0.717) is 12.1 Å². The minimum Gasteiger partial charge on any atom is -0.478 e. The Bertz CT molecular complexity index is 1270. The molecule has 0 bridgehead atoms. The first kappa shape index (κ1) is 21.3. The number of hydrogen-bond acceptors (Lipinski definition) is 3. The van der Waals surface area contributed by atoms with Gasteiger partial charge in [0, 0.05) is 6.42 Å². The first-order chi connectivity index (χ1) is 15.6. The number of aromatic nitrogens is 3. The Balaban J connectivity index is 1.66. The number of rotatable bonds is 8. The van der Waals surface area contributed by atoms with Crippen LogP contribution in [0.1, 0.15) is 41.5 Å². The van der Waals surface area contributed by atoms with E-state index >= 15 is 0 Å². The van der Waals surface area contributed by atoms with Gasteiger partial charge in [0.15, 0.2) is 0 Å². The Morgan fingerprint density at radius 3 is 2.31 bits per heavy atom. The molecule has 3 aromatic carbocycles. The summed E-state index contributed by atoms with van der Waals surface area (Å²) < 4.78 is 3.19. The van der Waals surface area contributed by atoms with Crippen LogP contribution in [0.2, 0.25) is 0 Å². The van der Waals surface area contributed by atoms with Crippen molar-refractivity contribution >= 4 is 5.97 Å². The van der Waals surface area contributed by atoms with Gasteiger partial charge in [-0.3, -0.25) is 4.57 Å². The number of aryl methyl sites for hydroxylation is 1. The molecule has 0 unspecified atom stereocenters. The molecule has 1 N–H and O–H groups in total. The molecule has 0 aliphatic heterocycles. The van der Waals surface area contributed by atoms with E-state index in [4.69, 9.17) is 0 Å². The summed E-state index contributed by atoms with van der Waals surface area (Å²) in [7, 11) is 0. The second kappa shape index (κ2) is 9.47. The normalized spacial score (nSPS) is 10.9.